The van der Waals surface area contributed by atoms with Crippen LogP contribution in [0.25, 0.3) is 0 Å². The Labute approximate surface area is 68.5 Å². The number of hydrogen-bond donors (Lipinski definition) is 3. The van der Waals surface area contributed by atoms with Gasteiger partial charge in [0.2, 0.25) is 0 Å². The minimum Gasteiger partial charge on any atom is -0.479 e. The van der Waals surface area contributed by atoms with Crippen molar-refractivity contribution in [1.29, 1.82) is 0 Å². The molecule has 5 heteroatoms. The lowest BCUT2D eigenvalue weighted by Crippen LogP contribution is -2.31. The summed E-state index contributed by atoms with van der Waals surface area (Å²) in [4.78, 5) is 10.1. The first-order valence-corrected chi connectivity index (χ1v) is 4.16. The second-order valence-corrected chi connectivity index (χ2v) is 2.58. The number of thioether (sulfide) groups is 1. The van der Waals surface area contributed by atoms with Crippen LogP contribution in [0, 0.1) is 0 Å². The maximum absolute atomic E-state index is 10.1. The molecule has 4 nitrogen and oxygen atoms in total. The summed E-state index contributed by atoms with van der Waals surface area (Å²) in [5.74, 6) is -1.43. The molecule has 3 N–H and O–H groups in total. The van der Waals surface area contributed by atoms with E-state index in [1.807, 2.05) is 0 Å². The van der Waals surface area contributed by atoms with Crippen LogP contribution in [0.2, 0.25) is 0 Å². The molecule has 0 saturated carbocycles. The molecule has 0 aromatic heterocycles. The fourth-order valence-electron chi connectivity index (χ4n) is 0.410. The average molecular weight is 178 g/mol. The fraction of sp³-hybridized carbons (Fsp3) is 0.500. The molecular weight excluding hydrogens is 168 g/mol. The van der Waals surface area contributed by atoms with Crippen LogP contribution >= 0.6 is 11.8 Å². The zero-order chi connectivity index (χ0) is 8.85. The lowest BCUT2D eigenvalue weighted by molar-refractivity contribution is -0.150. The number of carboxylic acid groups (broad SMARTS) is 1. The van der Waals surface area contributed by atoms with E-state index in [4.69, 9.17) is 15.3 Å². The third kappa shape index (κ3) is 4.02. The predicted molar refractivity (Wildman–Crippen MR) is 42.3 cm³/mol. The minimum atomic E-state index is -1.74. The van der Waals surface area contributed by atoms with Gasteiger partial charge in [-0.2, -0.15) is 0 Å². The normalized spacial score (nSPS) is 16.6. The molecule has 2 atom stereocenters. The van der Waals surface area contributed by atoms with Gasteiger partial charge in [0.15, 0.2) is 6.10 Å². The van der Waals surface area contributed by atoms with Crippen molar-refractivity contribution in [2.75, 3.05) is 6.26 Å². The van der Waals surface area contributed by atoms with Gasteiger partial charge >= 0.3 is 5.97 Å². The maximum atomic E-state index is 10.1. The Hall–Kier alpha value is -0.520. The van der Waals surface area contributed by atoms with E-state index < -0.39 is 18.2 Å². The second kappa shape index (κ2) is 5.17. The topological polar surface area (TPSA) is 77.8 Å². The van der Waals surface area contributed by atoms with Gasteiger partial charge in [-0.15, -0.1) is 11.8 Å². The van der Waals surface area contributed by atoms with Crippen molar-refractivity contribution >= 4 is 17.7 Å². The standard InChI is InChI=1S/C6H10O4S/c1-11-3-2-4(7)5(8)6(9)10/h2-5,7-8H,1H3,(H,9,10)/b3-2+/t4-,5-/m0/s1. The molecule has 0 spiro atoms. The summed E-state index contributed by atoms with van der Waals surface area (Å²) >= 11 is 1.31. The van der Waals surface area contributed by atoms with Gasteiger partial charge in [0.05, 0.1) is 0 Å². The van der Waals surface area contributed by atoms with E-state index in [0.717, 1.165) is 0 Å². The van der Waals surface area contributed by atoms with Gasteiger partial charge in [-0.25, -0.2) is 4.79 Å². The summed E-state index contributed by atoms with van der Waals surface area (Å²) in [7, 11) is 0. The molecule has 0 aliphatic carbocycles. The van der Waals surface area contributed by atoms with Gasteiger partial charge in [0.1, 0.15) is 6.10 Å². The van der Waals surface area contributed by atoms with Crippen LogP contribution in [0.5, 0.6) is 0 Å². The Morgan fingerprint density at radius 1 is 1.55 bits per heavy atom. The predicted octanol–water partition coefficient (Wildman–Crippen LogP) is -0.331. The van der Waals surface area contributed by atoms with Crippen LogP contribution in [0.1, 0.15) is 0 Å². The number of aliphatic carboxylic acids is 1. The van der Waals surface area contributed by atoms with E-state index in [1.165, 1.54) is 23.2 Å². The number of hydrogen-bond acceptors (Lipinski definition) is 4. The number of rotatable bonds is 4. The van der Waals surface area contributed by atoms with Crippen molar-refractivity contribution in [2.45, 2.75) is 12.2 Å². The highest BCUT2D eigenvalue weighted by atomic mass is 32.2. The number of carboxylic acids is 1. The van der Waals surface area contributed by atoms with E-state index in [0.29, 0.717) is 0 Å². The highest BCUT2D eigenvalue weighted by molar-refractivity contribution is 8.01. The Bertz CT molecular complexity index is 157. The van der Waals surface area contributed by atoms with Gasteiger partial charge in [0, 0.05) is 0 Å². The molecule has 64 valence electrons. The molecule has 0 rings (SSSR count). The summed E-state index contributed by atoms with van der Waals surface area (Å²) in [6.07, 6.45) is -0.0850. The molecule has 0 fully saturated rings. The molecule has 0 saturated heterocycles. The Morgan fingerprint density at radius 2 is 2.09 bits per heavy atom. The van der Waals surface area contributed by atoms with Crippen molar-refractivity contribution in [2.24, 2.45) is 0 Å². The van der Waals surface area contributed by atoms with Gasteiger partial charge in [0.25, 0.3) is 0 Å². The van der Waals surface area contributed by atoms with Gasteiger partial charge in [-0.1, -0.05) is 0 Å². The first kappa shape index (κ1) is 10.5. The van der Waals surface area contributed by atoms with Crippen LogP contribution in [-0.4, -0.2) is 39.8 Å². The number of aliphatic hydroxyl groups excluding tert-OH is 2. The van der Waals surface area contributed by atoms with E-state index in [9.17, 15) is 4.79 Å². The quantitative estimate of drug-likeness (QED) is 0.549. The van der Waals surface area contributed by atoms with Crippen molar-refractivity contribution in [3.05, 3.63) is 11.5 Å². The Kier molecular flexibility index (Phi) is 4.93. The van der Waals surface area contributed by atoms with Crippen molar-refractivity contribution in [3.63, 3.8) is 0 Å². The van der Waals surface area contributed by atoms with Crippen LogP contribution in [-0.2, 0) is 4.79 Å². The molecule has 0 aromatic carbocycles. The molecule has 0 heterocycles. The lowest BCUT2D eigenvalue weighted by atomic mass is 10.2. The molecule has 0 radical (unpaired) electrons. The molecule has 0 aliphatic rings. The summed E-state index contributed by atoms with van der Waals surface area (Å²) in [5, 5.41) is 27.3. The lowest BCUT2D eigenvalue weighted by Gasteiger charge is -2.08. The summed E-state index contributed by atoms with van der Waals surface area (Å²) in [6, 6.07) is 0. The Balaban J connectivity index is 3.91. The minimum absolute atomic E-state index is 1.23. The largest absolute Gasteiger partial charge is 0.479 e. The third-order valence-corrected chi connectivity index (χ3v) is 1.42. The van der Waals surface area contributed by atoms with Crippen molar-refractivity contribution in [1.82, 2.24) is 0 Å². The third-order valence-electron chi connectivity index (χ3n) is 0.988. The van der Waals surface area contributed by atoms with E-state index in [2.05, 4.69) is 0 Å². The first-order valence-electron chi connectivity index (χ1n) is 2.88. The number of aliphatic hydroxyl groups is 2. The van der Waals surface area contributed by atoms with Crippen LogP contribution in [0.4, 0.5) is 0 Å². The summed E-state index contributed by atoms with van der Waals surface area (Å²) in [5.41, 5.74) is 0. The van der Waals surface area contributed by atoms with E-state index in [1.54, 1.807) is 6.26 Å². The highest BCUT2D eigenvalue weighted by Gasteiger charge is 2.20. The zero-order valence-electron chi connectivity index (χ0n) is 5.97. The van der Waals surface area contributed by atoms with Crippen molar-refractivity contribution in [3.8, 4) is 0 Å². The van der Waals surface area contributed by atoms with Gasteiger partial charge in [-0.3, -0.25) is 0 Å². The van der Waals surface area contributed by atoms with E-state index >= 15 is 0 Å². The van der Waals surface area contributed by atoms with E-state index in [-0.39, 0.29) is 0 Å². The van der Waals surface area contributed by atoms with Gasteiger partial charge in [-0.05, 0) is 17.7 Å². The molecule has 0 aliphatic heterocycles. The smallest absolute Gasteiger partial charge is 0.335 e. The SMILES string of the molecule is CS/C=C/[C@H](O)[C@H](O)C(=O)O. The maximum Gasteiger partial charge on any atom is 0.335 e. The first-order chi connectivity index (χ1) is 5.09. The molecule has 0 unspecified atom stereocenters. The summed E-state index contributed by atoms with van der Waals surface area (Å²) in [6.45, 7) is 0. The monoisotopic (exact) mass is 178 g/mol. The van der Waals surface area contributed by atoms with Crippen LogP contribution < -0.4 is 0 Å². The fourth-order valence-corrected chi connectivity index (χ4v) is 0.729. The second-order valence-electron chi connectivity index (χ2n) is 1.84. The number of carbonyl (C=O) groups is 1. The Morgan fingerprint density at radius 3 is 2.45 bits per heavy atom. The van der Waals surface area contributed by atoms with Crippen LogP contribution in [0.3, 0.4) is 0 Å². The summed E-state index contributed by atoms with van der Waals surface area (Å²) < 4.78 is 0. The molecule has 11 heavy (non-hydrogen) atoms. The molecular formula is C6H10O4S. The zero-order valence-corrected chi connectivity index (χ0v) is 6.78. The molecule has 0 aromatic rings. The highest BCUT2D eigenvalue weighted by Crippen LogP contribution is 2.00. The molecule has 0 amide bonds. The average Bonchev–Trinajstić information content (AvgIpc) is 1.98. The van der Waals surface area contributed by atoms with Gasteiger partial charge < -0.3 is 15.3 Å². The van der Waals surface area contributed by atoms with Crippen molar-refractivity contribution < 1.29 is 20.1 Å². The van der Waals surface area contributed by atoms with Crippen LogP contribution in [0.15, 0.2) is 11.5 Å². The molecule has 0 bridgehead atoms.